The molecule has 3 nitrogen and oxygen atoms in total. The first-order chi connectivity index (χ1) is 12.2. The van der Waals surface area contributed by atoms with E-state index in [0.717, 1.165) is 11.3 Å². The fourth-order valence-electron chi connectivity index (χ4n) is 2.79. The second-order valence-electron chi connectivity index (χ2n) is 5.90. The number of carbonyl (C=O) groups excluding carboxylic acids is 1. The van der Waals surface area contributed by atoms with Crippen LogP contribution in [0, 0.1) is 0 Å². The van der Waals surface area contributed by atoms with E-state index in [2.05, 4.69) is 48.3 Å². The number of pyridine rings is 1. The van der Waals surface area contributed by atoms with Gasteiger partial charge in [0.15, 0.2) is 0 Å². The zero-order chi connectivity index (χ0) is 17.6. The Hall–Kier alpha value is -2.94. The molecule has 2 aromatic carbocycles. The Morgan fingerprint density at radius 3 is 2.36 bits per heavy atom. The maximum Gasteiger partial charge on any atom is 0.338 e. The van der Waals surface area contributed by atoms with Crippen molar-refractivity contribution in [3.63, 3.8) is 0 Å². The van der Waals surface area contributed by atoms with Crippen LogP contribution < -0.4 is 0 Å². The molecule has 0 bridgehead atoms. The van der Waals surface area contributed by atoms with Crippen LogP contribution in [0.4, 0.5) is 0 Å². The summed E-state index contributed by atoms with van der Waals surface area (Å²) in [6.45, 7) is 4.26. The average molecular weight is 331 g/mol. The summed E-state index contributed by atoms with van der Waals surface area (Å²) in [5.41, 5.74) is 4.94. The molecule has 0 aliphatic carbocycles. The quantitative estimate of drug-likeness (QED) is 0.612. The van der Waals surface area contributed by atoms with Crippen molar-refractivity contribution in [2.24, 2.45) is 0 Å². The molecule has 126 valence electrons. The number of hydrogen-bond donors (Lipinski definition) is 0. The van der Waals surface area contributed by atoms with Gasteiger partial charge in [-0.2, -0.15) is 0 Å². The summed E-state index contributed by atoms with van der Waals surface area (Å²) in [6.07, 6.45) is 1.66. The molecule has 0 radical (unpaired) electrons. The second-order valence-corrected chi connectivity index (χ2v) is 5.90. The molecule has 0 saturated heterocycles. The van der Waals surface area contributed by atoms with E-state index >= 15 is 0 Å². The highest BCUT2D eigenvalue weighted by Crippen LogP contribution is 2.26. The second kappa shape index (κ2) is 7.75. The van der Waals surface area contributed by atoms with Gasteiger partial charge < -0.3 is 4.74 Å². The molecule has 1 atom stereocenters. The molecule has 0 aliphatic rings. The molecular formula is C22H21NO2. The van der Waals surface area contributed by atoms with Gasteiger partial charge in [0, 0.05) is 17.8 Å². The largest absolute Gasteiger partial charge is 0.462 e. The van der Waals surface area contributed by atoms with Crippen LogP contribution in [0.3, 0.4) is 0 Å². The highest BCUT2D eigenvalue weighted by atomic mass is 16.5. The van der Waals surface area contributed by atoms with Crippen LogP contribution >= 0.6 is 0 Å². The SMILES string of the molecule is CCOC(=O)c1ccnc(C(C)c2ccc(-c3ccccc3)cc2)c1. The average Bonchev–Trinajstić information content (AvgIpc) is 2.68. The van der Waals surface area contributed by atoms with E-state index in [1.165, 1.54) is 11.1 Å². The molecule has 1 unspecified atom stereocenters. The number of benzene rings is 2. The first kappa shape index (κ1) is 16.9. The van der Waals surface area contributed by atoms with Crippen LogP contribution in [0.15, 0.2) is 72.9 Å². The van der Waals surface area contributed by atoms with Crippen molar-refractivity contribution in [1.29, 1.82) is 0 Å². The molecule has 3 aromatic rings. The standard InChI is InChI=1S/C22H21NO2/c1-3-25-22(24)20-13-14-23-21(15-20)16(2)17-9-11-19(12-10-17)18-7-5-4-6-8-18/h4-16H,3H2,1-2H3. The Balaban J connectivity index is 1.82. The van der Waals surface area contributed by atoms with Gasteiger partial charge >= 0.3 is 5.97 Å². The lowest BCUT2D eigenvalue weighted by Crippen LogP contribution is -2.07. The molecule has 1 aromatic heterocycles. The topological polar surface area (TPSA) is 39.2 Å². The highest BCUT2D eigenvalue weighted by Gasteiger charge is 2.14. The Bertz CT molecular complexity index is 841. The predicted octanol–water partition coefficient (Wildman–Crippen LogP) is 5.08. The van der Waals surface area contributed by atoms with Gasteiger partial charge in [0.05, 0.1) is 12.2 Å². The third-order valence-corrected chi connectivity index (χ3v) is 4.25. The molecule has 0 N–H and O–H groups in total. The minimum atomic E-state index is -0.308. The molecule has 0 amide bonds. The minimum absolute atomic E-state index is 0.0965. The van der Waals surface area contributed by atoms with Crippen molar-refractivity contribution in [2.75, 3.05) is 6.61 Å². The molecule has 3 heteroatoms. The molecule has 0 spiro atoms. The minimum Gasteiger partial charge on any atom is -0.462 e. The number of rotatable bonds is 5. The summed E-state index contributed by atoms with van der Waals surface area (Å²) in [4.78, 5) is 16.3. The van der Waals surface area contributed by atoms with Crippen LogP contribution in [0.1, 0.15) is 41.4 Å². The summed E-state index contributed by atoms with van der Waals surface area (Å²) in [7, 11) is 0. The van der Waals surface area contributed by atoms with Crippen molar-refractivity contribution in [3.8, 4) is 11.1 Å². The van der Waals surface area contributed by atoms with Crippen LogP contribution in [0.5, 0.6) is 0 Å². The molecular weight excluding hydrogens is 310 g/mol. The van der Waals surface area contributed by atoms with E-state index in [4.69, 9.17) is 4.74 Å². The monoisotopic (exact) mass is 331 g/mol. The van der Waals surface area contributed by atoms with Gasteiger partial charge in [-0.05, 0) is 35.7 Å². The lowest BCUT2D eigenvalue weighted by atomic mass is 9.94. The fraction of sp³-hybridized carbons (Fsp3) is 0.182. The Morgan fingerprint density at radius 1 is 1.00 bits per heavy atom. The number of carbonyl (C=O) groups is 1. The Kier molecular flexibility index (Phi) is 5.24. The summed E-state index contributed by atoms with van der Waals surface area (Å²) >= 11 is 0. The van der Waals surface area contributed by atoms with Gasteiger partial charge in [-0.25, -0.2) is 4.79 Å². The van der Waals surface area contributed by atoms with Gasteiger partial charge in [0.25, 0.3) is 0 Å². The number of ether oxygens (including phenoxy) is 1. The predicted molar refractivity (Wildman–Crippen MR) is 99.6 cm³/mol. The van der Waals surface area contributed by atoms with E-state index < -0.39 is 0 Å². The van der Waals surface area contributed by atoms with Crippen LogP contribution in [-0.4, -0.2) is 17.6 Å². The van der Waals surface area contributed by atoms with Crippen molar-refractivity contribution >= 4 is 5.97 Å². The van der Waals surface area contributed by atoms with Crippen molar-refractivity contribution in [2.45, 2.75) is 19.8 Å². The summed E-state index contributed by atoms with van der Waals surface area (Å²) in [6, 6.07) is 22.3. The van der Waals surface area contributed by atoms with Crippen LogP contribution in [0.2, 0.25) is 0 Å². The molecule has 0 saturated carbocycles. The highest BCUT2D eigenvalue weighted by molar-refractivity contribution is 5.89. The number of nitrogens with zero attached hydrogens (tertiary/aromatic N) is 1. The third kappa shape index (κ3) is 3.94. The summed E-state index contributed by atoms with van der Waals surface area (Å²) in [5, 5.41) is 0. The Morgan fingerprint density at radius 2 is 1.68 bits per heavy atom. The van der Waals surface area contributed by atoms with Crippen LogP contribution in [-0.2, 0) is 4.74 Å². The van der Waals surface area contributed by atoms with E-state index in [1.54, 1.807) is 19.2 Å². The van der Waals surface area contributed by atoms with Crippen molar-refractivity contribution in [3.05, 3.63) is 89.7 Å². The van der Waals surface area contributed by atoms with E-state index in [0.29, 0.717) is 12.2 Å². The number of esters is 1. The van der Waals surface area contributed by atoms with Gasteiger partial charge in [0.1, 0.15) is 0 Å². The van der Waals surface area contributed by atoms with Crippen LogP contribution in [0.25, 0.3) is 11.1 Å². The Labute approximate surface area is 148 Å². The van der Waals surface area contributed by atoms with Gasteiger partial charge in [-0.3, -0.25) is 4.98 Å². The molecule has 0 fully saturated rings. The first-order valence-electron chi connectivity index (χ1n) is 8.47. The molecule has 25 heavy (non-hydrogen) atoms. The lowest BCUT2D eigenvalue weighted by Gasteiger charge is -2.13. The van der Waals surface area contributed by atoms with Gasteiger partial charge in [0.2, 0.25) is 0 Å². The lowest BCUT2D eigenvalue weighted by molar-refractivity contribution is 0.0526. The number of hydrogen-bond acceptors (Lipinski definition) is 3. The van der Waals surface area contributed by atoms with E-state index in [-0.39, 0.29) is 11.9 Å². The van der Waals surface area contributed by atoms with Gasteiger partial charge in [-0.15, -0.1) is 0 Å². The van der Waals surface area contributed by atoms with Gasteiger partial charge in [-0.1, -0.05) is 61.5 Å². The van der Waals surface area contributed by atoms with Crippen molar-refractivity contribution in [1.82, 2.24) is 4.98 Å². The van der Waals surface area contributed by atoms with Crippen molar-refractivity contribution < 1.29 is 9.53 Å². The maximum atomic E-state index is 11.9. The number of aromatic nitrogens is 1. The fourth-order valence-corrected chi connectivity index (χ4v) is 2.79. The zero-order valence-electron chi connectivity index (χ0n) is 14.5. The summed E-state index contributed by atoms with van der Waals surface area (Å²) in [5.74, 6) is -0.211. The first-order valence-corrected chi connectivity index (χ1v) is 8.47. The molecule has 0 aliphatic heterocycles. The van der Waals surface area contributed by atoms with E-state index in [9.17, 15) is 4.79 Å². The third-order valence-electron chi connectivity index (χ3n) is 4.25. The smallest absolute Gasteiger partial charge is 0.338 e. The summed E-state index contributed by atoms with van der Waals surface area (Å²) < 4.78 is 5.07. The zero-order valence-corrected chi connectivity index (χ0v) is 14.5. The maximum absolute atomic E-state index is 11.9. The van der Waals surface area contributed by atoms with E-state index in [1.807, 2.05) is 24.3 Å². The molecule has 3 rings (SSSR count). The molecule has 1 heterocycles. The normalized spacial score (nSPS) is 11.8.